The first-order valence-electron chi connectivity index (χ1n) is 4.71. The highest BCUT2D eigenvalue weighted by molar-refractivity contribution is 9.10. The van der Waals surface area contributed by atoms with E-state index in [0.717, 1.165) is 10.4 Å². The van der Waals surface area contributed by atoms with Crippen molar-refractivity contribution in [3.05, 3.63) is 46.7 Å². The third-order valence-corrected chi connectivity index (χ3v) is 2.95. The molecule has 5 heteroatoms. The maximum Gasteiger partial charge on any atom is 0.147 e. The van der Waals surface area contributed by atoms with Crippen molar-refractivity contribution in [3.63, 3.8) is 0 Å². The quantitative estimate of drug-likeness (QED) is 0.867. The molecule has 0 N–H and O–H groups in total. The molecule has 1 aromatic carbocycles. The Morgan fingerprint density at radius 2 is 2.06 bits per heavy atom. The Kier molecular flexibility index (Phi) is 3.24. The van der Waals surface area contributed by atoms with Gasteiger partial charge in [-0.1, -0.05) is 0 Å². The number of nitrogens with zero attached hydrogens (tertiary/aromatic N) is 2. The topological polar surface area (TPSA) is 27.1 Å². The maximum atomic E-state index is 12.6. The molecule has 0 spiro atoms. The Hall–Kier alpha value is -1.36. The van der Waals surface area contributed by atoms with E-state index in [1.165, 1.54) is 12.1 Å². The monoisotopic (exact) mass is 284 g/mol. The molecule has 0 aliphatic carbocycles. The Morgan fingerprint density at radius 1 is 1.38 bits per heavy atom. The standard InChI is InChI=1S/C11H10BrFN2O/c1-15-10(12)6-14-11(15)7-16-9-4-2-8(13)3-5-9/h2-6H,7H2,1H3. The summed E-state index contributed by atoms with van der Waals surface area (Å²) >= 11 is 3.35. The molecule has 1 aromatic heterocycles. The lowest BCUT2D eigenvalue weighted by Crippen LogP contribution is -2.03. The minimum Gasteiger partial charge on any atom is -0.486 e. The summed E-state index contributed by atoms with van der Waals surface area (Å²) in [5.41, 5.74) is 0. The number of ether oxygens (including phenoxy) is 1. The molecular weight excluding hydrogens is 275 g/mol. The first-order chi connectivity index (χ1) is 7.66. The van der Waals surface area contributed by atoms with Gasteiger partial charge < -0.3 is 9.30 Å². The highest BCUT2D eigenvalue weighted by Crippen LogP contribution is 2.15. The number of rotatable bonds is 3. The second-order valence-electron chi connectivity index (χ2n) is 3.30. The van der Waals surface area contributed by atoms with E-state index in [1.54, 1.807) is 18.3 Å². The fourth-order valence-electron chi connectivity index (χ4n) is 1.24. The van der Waals surface area contributed by atoms with Crippen LogP contribution in [0.25, 0.3) is 0 Å². The molecule has 1 heterocycles. The van der Waals surface area contributed by atoms with Gasteiger partial charge in [0.25, 0.3) is 0 Å². The zero-order valence-electron chi connectivity index (χ0n) is 8.65. The molecule has 2 aromatic rings. The van der Waals surface area contributed by atoms with Crippen LogP contribution >= 0.6 is 15.9 Å². The van der Waals surface area contributed by atoms with E-state index in [4.69, 9.17) is 4.74 Å². The van der Waals surface area contributed by atoms with Crippen molar-refractivity contribution >= 4 is 15.9 Å². The first kappa shape index (κ1) is 11.1. The van der Waals surface area contributed by atoms with Gasteiger partial charge >= 0.3 is 0 Å². The third kappa shape index (κ3) is 2.41. The van der Waals surface area contributed by atoms with E-state index in [-0.39, 0.29) is 5.82 Å². The molecule has 16 heavy (non-hydrogen) atoms. The van der Waals surface area contributed by atoms with Gasteiger partial charge in [-0.25, -0.2) is 9.37 Å². The van der Waals surface area contributed by atoms with Crippen LogP contribution in [0.1, 0.15) is 5.82 Å². The molecule has 84 valence electrons. The predicted octanol–water partition coefficient (Wildman–Crippen LogP) is 2.90. The molecule has 0 aliphatic heterocycles. The summed E-state index contributed by atoms with van der Waals surface area (Å²) in [5, 5.41) is 0. The van der Waals surface area contributed by atoms with Gasteiger partial charge in [0.1, 0.15) is 28.6 Å². The van der Waals surface area contributed by atoms with Gasteiger partial charge in [0.05, 0.1) is 6.20 Å². The van der Waals surface area contributed by atoms with E-state index in [1.807, 2.05) is 11.6 Å². The zero-order chi connectivity index (χ0) is 11.5. The van der Waals surface area contributed by atoms with Crippen LogP contribution in [0.4, 0.5) is 4.39 Å². The average molecular weight is 285 g/mol. The Balaban J connectivity index is 2.02. The van der Waals surface area contributed by atoms with Gasteiger partial charge in [0, 0.05) is 7.05 Å². The van der Waals surface area contributed by atoms with Crippen LogP contribution in [-0.4, -0.2) is 9.55 Å². The molecule has 0 amide bonds. The predicted molar refractivity (Wildman–Crippen MR) is 61.6 cm³/mol. The van der Waals surface area contributed by atoms with E-state index in [9.17, 15) is 4.39 Å². The van der Waals surface area contributed by atoms with E-state index >= 15 is 0 Å². The number of hydrogen-bond acceptors (Lipinski definition) is 2. The molecule has 0 aliphatic rings. The summed E-state index contributed by atoms with van der Waals surface area (Å²) in [5.74, 6) is 1.16. The molecule has 0 saturated carbocycles. The average Bonchev–Trinajstić information content (AvgIpc) is 2.60. The van der Waals surface area contributed by atoms with Crippen molar-refractivity contribution in [2.24, 2.45) is 7.05 Å². The summed E-state index contributed by atoms with van der Waals surface area (Å²) in [7, 11) is 1.89. The van der Waals surface area contributed by atoms with Crippen LogP contribution in [0.5, 0.6) is 5.75 Å². The van der Waals surface area contributed by atoms with Gasteiger partial charge in [0.2, 0.25) is 0 Å². The summed E-state index contributed by atoms with van der Waals surface area (Å²) in [6.45, 7) is 0.355. The summed E-state index contributed by atoms with van der Waals surface area (Å²) in [6, 6.07) is 5.91. The molecule has 0 bridgehead atoms. The van der Waals surface area contributed by atoms with Gasteiger partial charge in [-0.2, -0.15) is 0 Å². The molecule has 3 nitrogen and oxygen atoms in total. The maximum absolute atomic E-state index is 12.6. The highest BCUT2D eigenvalue weighted by Gasteiger charge is 2.04. The number of halogens is 2. The smallest absolute Gasteiger partial charge is 0.147 e. The Labute approximate surface area is 101 Å². The lowest BCUT2D eigenvalue weighted by Gasteiger charge is -2.06. The second kappa shape index (κ2) is 4.65. The summed E-state index contributed by atoms with van der Waals surface area (Å²) in [4.78, 5) is 4.16. The van der Waals surface area contributed by atoms with Gasteiger partial charge in [-0.3, -0.25) is 0 Å². The molecular formula is C11H10BrFN2O. The van der Waals surface area contributed by atoms with Crippen molar-refractivity contribution in [2.45, 2.75) is 6.61 Å². The summed E-state index contributed by atoms with van der Waals surface area (Å²) in [6.07, 6.45) is 1.71. The third-order valence-electron chi connectivity index (χ3n) is 2.21. The minimum absolute atomic E-state index is 0.271. The van der Waals surface area contributed by atoms with Crippen molar-refractivity contribution in [3.8, 4) is 5.75 Å². The number of benzene rings is 1. The van der Waals surface area contributed by atoms with Crippen LogP contribution in [0.2, 0.25) is 0 Å². The van der Waals surface area contributed by atoms with Crippen molar-refractivity contribution in [2.75, 3.05) is 0 Å². The number of aromatic nitrogens is 2. The molecule has 0 saturated heterocycles. The van der Waals surface area contributed by atoms with E-state index < -0.39 is 0 Å². The number of imidazole rings is 1. The van der Waals surface area contributed by atoms with Crippen molar-refractivity contribution in [1.82, 2.24) is 9.55 Å². The van der Waals surface area contributed by atoms with E-state index in [0.29, 0.717) is 12.4 Å². The zero-order valence-corrected chi connectivity index (χ0v) is 10.2. The highest BCUT2D eigenvalue weighted by atomic mass is 79.9. The van der Waals surface area contributed by atoms with Crippen LogP contribution in [0, 0.1) is 5.82 Å². The number of hydrogen-bond donors (Lipinski definition) is 0. The van der Waals surface area contributed by atoms with Crippen molar-refractivity contribution in [1.29, 1.82) is 0 Å². The SMILES string of the molecule is Cn1c(Br)cnc1COc1ccc(F)cc1. The first-order valence-corrected chi connectivity index (χ1v) is 5.50. The van der Waals surface area contributed by atoms with Gasteiger partial charge in [0.15, 0.2) is 0 Å². The van der Waals surface area contributed by atoms with Gasteiger partial charge in [-0.05, 0) is 40.2 Å². The molecule has 0 unspecified atom stereocenters. The largest absolute Gasteiger partial charge is 0.486 e. The lowest BCUT2D eigenvalue weighted by atomic mass is 10.3. The van der Waals surface area contributed by atoms with Crippen molar-refractivity contribution < 1.29 is 9.13 Å². The van der Waals surface area contributed by atoms with Crippen LogP contribution in [0.3, 0.4) is 0 Å². The molecule has 0 radical (unpaired) electrons. The Morgan fingerprint density at radius 3 is 2.62 bits per heavy atom. The van der Waals surface area contributed by atoms with Gasteiger partial charge in [-0.15, -0.1) is 0 Å². The fraction of sp³-hybridized carbons (Fsp3) is 0.182. The molecule has 2 rings (SSSR count). The van der Waals surface area contributed by atoms with Crippen LogP contribution in [-0.2, 0) is 13.7 Å². The van der Waals surface area contributed by atoms with Crippen LogP contribution in [0.15, 0.2) is 35.1 Å². The second-order valence-corrected chi connectivity index (χ2v) is 4.11. The minimum atomic E-state index is -0.271. The molecule has 0 fully saturated rings. The Bertz CT molecular complexity index is 481. The van der Waals surface area contributed by atoms with E-state index in [2.05, 4.69) is 20.9 Å². The fourth-order valence-corrected chi connectivity index (χ4v) is 1.54. The lowest BCUT2D eigenvalue weighted by molar-refractivity contribution is 0.291. The summed E-state index contributed by atoms with van der Waals surface area (Å²) < 4.78 is 20.9. The molecule has 0 atom stereocenters. The van der Waals surface area contributed by atoms with Crippen LogP contribution < -0.4 is 4.74 Å². The normalized spacial score (nSPS) is 10.4.